The molecule has 117 heavy (non-hydrogen) atoms. The molecule has 6 rings (SSSR count). The molecule has 4 aromatic carbocycles. The first kappa shape index (κ1) is 97.2. The summed E-state index contributed by atoms with van der Waals surface area (Å²) in [6.07, 6.45) is 6.49. The van der Waals surface area contributed by atoms with Gasteiger partial charge in [-0.3, -0.25) is 58.0 Å². The molecule has 0 aliphatic carbocycles. The van der Waals surface area contributed by atoms with Crippen LogP contribution in [0.5, 0.6) is 23.0 Å². The Morgan fingerprint density at radius 2 is 0.530 bits per heavy atom. The molecule has 2 aliphatic heterocycles. The van der Waals surface area contributed by atoms with Crippen molar-refractivity contribution in [1.82, 2.24) is 62.1 Å². The molecule has 0 saturated carbocycles. The van der Waals surface area contributed by atoms with Crippen molar-refractivity contribution in [3.63, 3.8) is 0 Å². The van der Waals surface area contributed by atoms with E-state index in [0.717, 1.165) is 25.7 Å². The van der Waals surface area contributed by atoms with Gasteiger partial charge in [-0.05, 0) is 93.6 Å². The van der Waals surface area contributed by atoms with Gasteiger partial charge >= 0.3 is 0 Å². The summed E-state index contributed by atoms with van der Waals surface area (Å²) in [5.41, 5.74) is 7.40. The molecule has 32 nitrogen and oxygen atoms in total. The molecule has 8 bridgehead atoms. The molecule has 10 N–H and O–H groups in total. The third kappa shape index (κ3) is 36.2. The molecule has 32 heteroatoms. The number of benzene rings is 4. The topological polar surface area (TPSA) is 373 Å². The van der Waals surface area contributed by atoms with E-state index in [0.29, 0.717) is 157 Å². The van der Waals surface area contributed by atoms with E-state index < -0.39 is 53.4 Å². The summed E-state index contributed by atoms with van der Waals surface area (Å²) in [4.78, 5) is 124. The van der Waals surface area contributed by atoms with Crippen molar-refractivity contribution in [2.45, 2.75) is 98.0 Å². The van der Waals surface area contributed by atoms with E-state index in [-0.39, 0.29) is 186 Å². The first-order valence-corrected chi connectivity index (χ1v) is 42.0. The SMILES string of the molecule is CCCCOc1c2cccc1C(=O)NCCN(CC(CN1CCNC(=O)c3cccc(c3OCCCC)C(=O)NCCN(CCOCCOCCOC)CCNC(=O)c3cccc(c3OCCCC)C(=O)NCC1)OCCCCN)CCNC(=O)c1cccc(c1OCCCC)C(=O)NCCN(CCOCCOCCOC)CCNC2=O. The van der Waals surface area contributed by atoms with E-state index in [1.807, 2.05) is 27.7 Å². The van der Waals surface area contributed by atoms with Crippen LogP contribution in [0.25, 0.3) is 0 Å². The van der Waals surface area contributed by atoms with Gasteiger partial charge in [-0.2, -0.15) is 0 Å². The first-order chi connectivity index (χ1) is 57.2. The quantitative estimate of drug-likeness (QED) is 0.0261. The predicted molar refractivity (Wildman–Crippen MR) is 447 cm³/mol. The highest BCUT2D eigenvalue weighted by Gasteiger charge is 2.29. The first-order valence-electron chi connectivity index (χ1n) is 42.0. The fourth-order valence-electron chi connectivity index (χ4n) is 12.7. The second-order valence-electron chi connectivity index (χ2n) is 28.3. The van der Waals surface area contributed by atoms with Crippen LogP contribution in [0, 0.1) is 0 Å². The largest absolute Gasteiger partial charge is 0.492 e. The zero-order chi connectivity index (χ0) is 83.9. The zero-order valence-corrected chi connectivity index (χ0v) is 70.2. The lowest BCUT2D eigenvalue weighted by Gasteiger charge is -2.32. The molecule has 0 spiro atoms. The van der Waals surface area contributed by atoms with Crippen molar-refractivity contribution >= 4 is 47.3 Å². The molecule has 4 aromatic rings. The highest BCUT2D eigenvalue weighted by atomic mass is 16.5. The van der Waals surface area contributed by atoms with Crippen molar-refractivity contribution in [1.29, 1.82) is 0 Å². The number of nitrogens with one attached hydrogen (secondary N) is 8. The van der Waals surface area contributed by atoms with E-state index in [1.165, 1.54) is 0 Å². The molecule has 0 aromatic heterocycles. The lowest BCUT2D eigenvalue weighted by Crippen LogP contribution is -2.48. The number of hydrogen-bond acceptors (Lipinski definition) is 24. The van der Waals surface area contributed by atoms with Crippen LogP contribution in [0.1, 0.15) is 175 Å². The third-order valence-corrected chi connectivity index (χ3v) is 19.3. The molecule has 0 atom stereocenters. The van der Waals surface area contributed by atoms with Gasteiger partial charge in [-0.15, -0.1) is 0 Å². The Hall–Kier alpha value is -8.64. The standard InChI is InChI=1S/C85H133N13O19/c1-7-11-48-114-74-66-21-17-25-70(74)82(103)91-34-42-97(43-35-92-83(104)71-26-18-22-67(75(71)115-49-12-8-2)79(100)88-31-39-95(38-30-87-78(66)99)46-53-109-59-61-111-57-55-107-5)63-65(113-52-16-15-29-86)64-98-44-36-93-84(105)72-27-19-23-68(76(72)116-50-13-9-3)80(101)89-32-40-96(47-54-110-60-62-112-58-56-108-6)41-33-90-81(102)69-24-20-28-73(85(106)94-37-45-98)77(69)117-51-14-10-4/h17-28,65H,7-16,29-64,86H2,1-6H3,(H,87,99)(H,88,100)(H,89,101)(H,90,102)(H,91,103)(H,92,104)(H,93,105)(H,94,106). The van der Waals surface area contributed by atoms with Crippen LogP contribution in [-0.4, -0.2) is 324 Å². The molecule has 2 aliphatic rings. The Morgan fingerprint density at radius 1 is 0.299 bits per heavy atom. The van der Waals surface area contributed by atoms with Crippen LogP contribution in [0.4, 0.5) is 0 Å². The highest BCUT2D eigenvalue weighted by Crippen LogP contribution is 2.29. The number of rotatable bonds is 43. The van der Waals surface area contributed by atoms with Gasteiger partial charge < -0.3 is 100 Å². The monoisotopic (exact) mass is 1640 g/mol. The maximum atomic E-state index is 14.7. The summed E-state index contributed by atoms with van der Waals surface area (Å²) in [5.74, 6) is -3.17. The van der Waals surface area contributed by atoms with Gasteiger partial charge in [0.25, 0.3) is 47.3 Å². The van der Waals surface area contributed by atoms with Gasteiger partial charge in [0.15, 0.2) is 0 Å². The Kier molecular flexibility index (Phi) is 49.1. The average Bonchev–Trinajstić information content (AvgIpc) is 0.834. The number of ether oxygens (including phenoxy) is 11. The van der Waals surface area contributed by atoms with Crippen molar-refractivity contribution in [2.24, 2.45) is 5.73 Å². The number of amides is 8. The van der Waals surface area contributed by atoms with E-state index in [1.54, 1.807) is 87.0 Å². The van der Waals surface area contributed by atoms with Crippen molar-refractivity contribution < 1.29 is 90.5 Å². The fraction of sp³-hybridized carbons (Fsp3) is 0.624. The number of carbonyl (C=O) groups is 8. The Balaban J connectivity index is 1.35. The van der Waals surface area contributed by atoms with Crippen LogP contribution >= 0.6 is 0 Å². The van der Waals surface area contributed by atoms with E-state index in [4.69, 9.17) is 57.8 Å². The Bertz CT molecular complexity index is 3160. The van der Waals surface area contributed by atoms with E-state index in [2.05, 4.69) is 62.1 Å². The van der Waals surface area contributed by atoms with E-state index >= 15 is 0 Å². The van der Waals surface area contributed by atoms with Crippen LogP contribution in [0.2, 0.25) is 0 Å². The number of carbonyl (C=O) groups excluding carboxylic acids is 8. The number of para-hydroxylation sites is 4. The van der Waals surface area contributed by atoms with Gasteiger partial charge in [-0.25, -0.2) is 0 Å². The molecule has 2 heterocycles. The van der Waals surface area contributed by atoms with Crippen LogP contribution in [0.15, 0.2) is 72.8 Å². The lowest BCUT2D eigenvalue weighted by molar-refractivity contribution is 0.00294. The van der Waals surface area contributed by atoms with Crippen LogP contribution in [0.3, 0.4) is 0 Å². The molecule has 652 valence electrons. The zero-order valence-electron chi connectivity index (χ0n) is 70.2. The maximum Gasteiger partial charge on any atom is 0.255 e. The minimum atomic E-state index is -0.613. The van der Waals surface area contributed by atoms with E-state index in [9.17, 15) is 38.4 Å². The smallest absolute Gasteiger partial charge is 0.255 e. The number of hydrogen-bond donors (Lipinski definition) is 9. The number of methoxy groups -OCH3 is 2. The summed E-state index contributed by atoms with van der Waals surface area (Å²) < 4.78 is 65.3. The van der Waals surface area contributed by atoms with Gasteiger partial charge in [0, 0.05) is 152 Å². The summed E-state index contributed by atoms with van der Waals surface area (Å²) in [6, 6.07) is 19.6. The molecule has 0 saturated heterocycles. The Labute approximate surface area is 691 Å². The number of nitrogens with two attached hydrogens (primary N) is 1. The van der Waals surface area contributed by atoms with Gasteiger partial charge in [0.2, 0.25) is 0 Å². The van der Waals surface area contributed by atoms with Crippen molar-refractivity contribution in [3.05, 3.63) is 117 Å². The summed E-state index contributed by atoms with van der Waals surface area (Å²) >= 11 is 0. The van der Waals surface area contributed by atoms with Gasteiger partial charge in [-0.1, -0.05) is 77.6 Å². The minimum Gasteiger partial charge on any atom is -0.492 e. The van der Waals surface area contributed by atoms with Crippen LogP contribution in [-0.2, 0) is 33.2 Å². The normalized spacial score (nSPS) is 16.0. The number of fused-ring (bicyclic) bond motifs is 8. The summed E-state index contributed by atoms with van der Waals surface area (Å²) in [7, 11) is 3.21. The second kappa shape index (κ2) is 59.1. The molecular weight excluding hydrogens is 1510 g/mol. The average molecular weight is 1640 g/mol. The number of unbranched alkanes of at least 4 members (excludes halogenated alkanes) is 5. The Morgan fingerprint density at radius 3 is 0.761 bits per heavy atom. The van der Waals surface area contributed by atoms with Gasteiger partial charge in [0.1, 0.15) is 23.0 Å². The molecule has 0 radical (unpaired) electrons. The van der Waals surface area contributed by atoms with Crippen molar-refractivity contribution in [2.75, 3.05) is 251 Å². The summed E-state index contributed by atoms with van der Waals surface area (Å²) in [6.45, 7) is 18.5. The third-order valence-electron chi connectivity index (χ3n) is 19.3. The lowest BCUT2D eigenvalue weighted by atomic mass is 10.1. The molecular formula is C85H133N13O19. The van der Waals surface area contributed by atoms with Crippen LogP contribution < -0.4 is 67.2 Å². The van der Waals surface area contributed by atoms with Gasteiger partial charge in [0.05, 0.1) is 143 Å². The second-order valence-corrected chi connectivity index (χ2v) is 28.3. The fourth-order valence-corrected chi connectivity index (χ4v) is 12.7. The minimum absolute atomic E-state index is 0.0777. The molecule has 8 amide bonds. The predicted octanol–water partition coefficient (Wildman–Crippen LogP) is 5.06. The number of nitrogens with zero attached hydrogens (tertiary/aromatic N) is 4. The summed E-state index contributed by atoms with van der Waals surface area (Å²) in [5, 5.41) is 24.5. The highest BCUT2D eigenvalue weighted by molar-refractivity contribution is 6.07. The maximum absolute atomic E-state index is 14.7. The molecule has 0 unspecified atom stereocenters. The van der Waals surface area contributed by atoms with Crippen molar-refractivity contribution in [3.8, 4) is 23.0 Å². The molecule has 0 fully saturated rings.